The number of allylic oxidation sites excluding steroid dienone is 4. The van der Waals surface area contributed by atoms with Gasteiger partial charge in [-0.15, -0.1) is 0 Å². The first-order chi connectivity index (χ1) is 11.4. The van der Waals surface area contributed by atoms with Crippen molar-refractivity contribution >= 4 is 40.6 Å². The van der Waals surface area contributed by atoms with Crippen LogP contribution in [0.1, 0.15) is 10.4 Å². The molecule has 0 aliphatic heterocycles. The van der Waals surface area contributed by atoms with Gasteiger partial charge in [0.2, 0.25) is 11.5 Å². The molecule has 0 saturated carbocycles. The number of carbonyl (C=O) groups is 2. The van der Waals surface area contributed by atoms with Gasteiger partial charge in [0, 0.05) is 5.56 Å². The fourth-order valence-corrected chi connectivity index (χ4v) is 2.47. The molecule has 126 valence electrons. The SMILES string of the molecule is COc1cc(C(=O)N=C2C=C(Cl)C(=O)C(Cl)=C2)cc(OC)c1OC. The van der Waals surface area contributed by atoms with Gasteiger partial charge in [-0.1, -0.05) is 23.2 Å². The fourth-order valence-electron chi connectivity index (χ4n) is 2.00. The van der Waals surface area contributed by atoms with Gasteiger partial charge in [0.15, 0.2) is 11.5 Å². The minimum atomic E-state index is -0.583. The van der Waals surface area contributed by atoms with Crippen LogP contribution in [0.2, 0.25) is 0 Å². The Hall–Kier alpha value is -2.31. The first-order valence-corrected chi connectivity index (χ1v) is 7.39. The average Bonchev–Trinajstić information content (AvgIpc) is 2.57. The zero-order chi connectivity index (χ0) is 17.9. The number of halogens is 2. The molecular formula is C16H13Cl2NO5. The second-order valence-electron chi connectivity index (χ2n) is 4.57. The maximum atomic E-state index is 12.4. The summed E-state index contributed by atoms with van der Waals surface area (Å²) in [5.41, 5.74) is 0.381. The molecule has 1 aromatic rings. The van der Waals surface area contributed by atoms with Gasteiger partial charge in [-0.05, 0) is 24.3 Å². The van der Waals surface area contributed by atoms with Crippen molar-refractivity contribution in [3.63, 3.8) is 0 Å². The van der Waals surface area contributed by atoms with Gasteiger partial charge >= 0.3 is 0 Å². The largest absolute Gasteiger partial charge is 0.493 e. The van der Waals surface area contributed by atoms with E-state index in [-0.39, 0.29) is 21.3 Å². The first kappa shape index (κ1) is 18.0. The van der Waals surface area contributed by atoms with Crippen molar-refractivity contribution in [3.8, 4) is 17.2 Å². The van der Waals surface area contributed by atoms with E-state index < -0.39 is 11.7 Å². The Morgan fingerprint density at radius 3 is 1.88 bits per heavy atom. The quantitative estimate of drug-likeness (QED) is 0.762. The molecule has 1 amide bonds. The van der Waals surface area contributed by atoms with Crippen molar-refractivity contribution in [2.75, 3.05) is 21.3 Å². The highest BCUT2D eigenvalue weighted by Crippen LogP contribution is 2.38. The molecule has 1 aromatic carbocycles. The topological polar surface area (TPSA) is 74.2 Å². The minimum Gasteiger partial charge on any atom is -0.493 e. The van der Waals surface area contributed by atoms with Crippen molar-refractivity contribution < 1.29 is 23.8 Å². The molecule has 0 saturated heterocycles. The molecular weight excluding hydrogens is 357 g/mol. The van der Waals surface area contributed by atoms with E-state index in [4.69, 9.17) is 37.4 Å². The fraction of sp³-hybridized carbons (Fsp3) is 0.188. The number of ether oxygens (including phenoxy) is 3. The number of rotatable bonds is 4. The van der Waals surface area contributed by atoms with Crippen LogP contribution in [0, 0.1) is 0 Å². The molecule has 0 unspecified atom stereocenters. The predicted octanol–water partition coefficient (Wildman–Crippen LogP) is 3.12. The van der Waals surface area contributed by atoms with E-state index in [0.717, 1.165) is 0 Å². The van der Waals surface area contributed by atoms with Crippen LogP contribution in [-0.2, 0) is 4.79 Å². The summed E-state index contributed by atoms with van der Waals surface area (Å²) in [5.74, 6) is -0.0985. The lowest BCUT2D eigenvalue weighted by Gasteiger charge is -2.13. The number of hydrogen-bond acceptors (Lipinski definition) is 5. The standard InChI is InChI=1S/C16H13Cl2NO5/c1-22-12-4-8(5-13(23-2)15(12)24-3)16(21)19-9-6-10(17)14(20)11(18)7-9/h4-7H,1-3H3. The van der Waals surface area contributed by atoms with Gasteiger partial charge in [0.1, 0.15) is 0 Å². The molecule has 8 heteroatoms. The van der Waals surface area contributed by atoms with Crippen molar-refractivity contribution in [1.29, 1.82) is 0 Å². The third-order valence-corrected chi connectivity index (χ3v) is 3.69. The Balaban J connectivity index is 2.44. The van der Waals surface area contributed by atoms with Gasteiger partial charge in [-0.2, -0.15) is 0 Å². The van der Waals surface area contributed by atoms with E-state index in [1.165, 1.54) is 45.6 Å². The van der Waals surface area contributed by atoms with E-state index in [0.29, 0.717) is 17.2 Å². The third-order valence-electron chi connectivity index (χ3n) is 3.13. The van der Waals surface area contributed by atoms with Crippen molar-refractivity contribution in [1.82, 2.24) is 0 Å². The summed E-state index contributed by atoms with van der Waals surface area (Å²) in [7, 11) is 4.34. The highest BCUT2D eigenvalue weighted by atomic mass is 35.5. The number of carbonyl (C=O) groups excluding carboxylic acids is 2. The summed E-state index contributed by atoms with van der Waals surface area (Å²) < 4.78 is 15.6. The Labute approximate surface area is 148 Å². The summed E-state index contributed by atoms with van der Waals surface area (Å²) in [5, 5.41) is -0.224. The summed E-state index contributed by atoms with van der Waals surface area (Å²) >= 11 is 11.5. The minimum absolute atomic E-state index is 0.112. The number of Topliss-reactive ketones (excluding diaryl/α,β-unsaturated/α-hetero) is 1. The van der Waals surface area contributed by atoms with Crippen molar-refractivity contribution in [2.24, 2.45) is 4.99 Å². The van der Waals surface area contributed by atoms with E-state index in [1.807, 2.05) is 0 Å². The number of aliphatic imine (C=N–C) groups is 1. The van der Waals surface area contributed by atoms with E-state index in [1.54, 1.807) is 0 Å². The van der Waals surface area contributed by atoms with Crippen LogP contribution in [0.5, 0.6) is 17.2 Å². The van der Waals surface area contributed by atoms with Crippen molar-refractivity contribution in [3.05, 3.63) is 39.9 Å². The second kappa shape index (κ2) is 7.51. The smallest absolute Gasteiger partial charge is 0.277 e. The predicted molar refractivity (Wildman–Crippen MR) is 90.7 cm³/mol. The van der Waals surface area contributed by atoms with Gasteiger partial charge < -0.3 is 14.2 Å². The molecule has 1 aliphatic rings. The summed E-state index contributed by atoms with van der Waals surface area (Å²) in [6, 6.07) is 2.94. The van der Waals surface area contributed by atoms with Gasteiger partial charge in [0.25, 0.3) is 5.91 Å². The Morgan fingerprint density at radius 2 is 1.46 bits per heavy atom. The van der Waals surface area contributed by atoms with E-state index in [9.17, 15) is 9.59 Å². The molecule has 0 N–H and O–H groups in total. The first-order valence-electron chi connectivity index (χ1n) is 6.63. The lowest BCUT2D eigenvalue weighted by molar-refractivity contribution is -0.111. The zero-order valence-corrected chi connectivity index (χ0v) is 14.6. The number of ketones is 1. The lowest BCUT2D eigenvalue weighted by atomic mass is 10.1. The summed E-state index contributed by atoms with van der Waals surface area (Å²) in [4.78, 5) is 27.8. The zero-order valence-electron chi connectivity index (χ0n) is 13.1. The van der Waals surface area contributed by atoms with E-state index >= 15 is 0 Å². The summed E-state index contributed by atoms with van der Waals surface area (Å²) in [6.45, 7) is 0. The van der Waals surface area contributed by atoms with Gasteiger partial charge in [-0.3, -0.25) is 9.59 Å². The molecule has 24 heavy (non-hydrogen) atoms. The van der Waals surface area contributed by atoms with Crippen LogP contribution < -0.4 is 14.2 Å². The van der Waals surface area contributed by atoms with Gasteiger partial charge in [0.05, 0.1) is 37.1 Å². The average molecular weight is 370 g/mol. The number of benzene rings is 1. The van der Waals surface area contributed by atoms with Gasteiger partial charge in [-0.25, -0.2) is 4.99 Å². The molecule has 0 radical (unpaired) electrons. The molecule has 0 heterocycles. The molecule has 0 atom stereocenters. The molecule has 2 rings (SSSR count). The molecule has 6 nitrogen and oxygen atoms in total. The van der Waals surface area contributed by atoms with Crippen LogP contribution in [0.3, 0.4) is 0 Å². The number of hydrogen-bond donors (Lipinski definition) is 0. The van der Waals surface area contributed by atoms with E-state index in [2.05, 4.69) is 4.99 Å². The van der Waals surface area contributed by atoms with Crippen LogP contribution in [0.25, 0.3) is 0 Å². The molecule has 0 fully saturated rings. The molecule has 1 aliphatic carbocycles. The van der Waals surface area contributed by atoms with Crippen LogP contribution in [0.4, 0.5) is 0 Å². The monoisotopic (exact) mass is 369 g/mol. The van der Waals surface area contributed by atoms with Crippen LogP contribution >= 0.6 is 23.2 Å². The lowest BCUT2D eigenvalue weighted by Crippen LogP contribution is -2.10. The highest BCUT2D eigenvalue weighted by molar-refractivity contribution is 6.57. The molecule has 0 bridgehead atoms. The normalized spacial score (nSPS) is 13.9. The maximum Gasteiger partial charge on any atom is 0.277 e. The molecule has 0 spiro atoms. The molecule has 0 aromatic heterocycles. The highest BCUT2D eigenvalue weighted by Gasteiger charge is 2.20. The number of methoxy groups -OCH3 is 3. The van der Waals surface area contributed by atoms with Crippen LogP contribution in [-0.4, -0.2) is 38.7 Å². The summed E-state index contributed by atoms with van der Waals surface area (Å²) in [6.07, 6.45) is 2.54. The number of amides is 1. The van der Waals surface area contributed by atoms with Crippen LogP contribution in [0.15, 0.2) is 39.3 Å². The maximum absolute atomic E-state index is 12.4. The number of nitrogens with zero attached hydrogens (tertiary/aromatic N) is 1. The van der Waals surface area contributed by atoms with Crippen molar-refractivity contribution in [2.45, 2.75) is 0 Å². The second-order valence-corrected chi connectivity index (χ2v) is 5.38. The Bertz CT molecular complexity index is 747. The third kappa shape index (κ3) is 3.60. The Kier molecular flexibility index (Phi) is 5.64. The Morgan fingerprint density at radius 1 is 0.958 bits per heavy atom.